The van der Waals surface area contributed by atoms with E-state index in [9.17, 15) is 22.0 Å². The van der Waals surface area contributed by atoms with Crippen molar-refractivity contribution in [3.05, 3.63) is 23.8 Å². The van der Waals surface area contributed by atoms with Crippen LogP contribution in [0.5, 0.6) is 5.75 Å². The molecule has 0 unspecified atom stereocenters. The Balaban J connectivity index is 2.92. The molecular formula is C11H14F2N2O4S. The normalized spacial score (nSPS) is 11.2. The predicted molar refractivity (Wildman–Crippen MR) is 66.5 cm³/mol. The fourth-order valence-corrected chi connectivity index (χ4v) is 2.11. The highest BCUT2D eigenvalue weighted by Gasteiger charge is 2.21. The van der Waals surface area contributed by atoms with Gasteiger partial charge in [-0.2, -0.15) is 0 Å². The van der Waals surface area contributed by atoms with Crippen molar-refractivity contribution in [3.8, 4) is 5.75 Å². The summed E-state index contributed by atoms with van der Waals surface area (Å²) in [5, 5.41) is 7.34. The molecule has 0 radical (unpaired) electrons. The summed E-state index contributed by atoms with van der Waals surface area (Å²) >= 11 is 0. The SMILES string of the molecule is CCNC(=O)CCOc1c(F)cc(F)cc1S(N)(=O)=O. The molecule has 0 heterocycles. The van der Waals surface area contributed by atoms with E-state index in [1.165, 1.54) is 0 Å². The smallest absolute Gasteiger partial charge is 0.241 e. The Bertz CT molecular complexity index is 605. The van der Waals surface area contributed by atoms with E-state index in [0.29, 0.717) is 18.7 Å². The first kappa shape index (κ1) is 16.3. The van der Waals surface area contributed by atoms with Gasteiger partial charge in [0.1, 0.15) is 10.7 Å². The van der Waals surface area contributed by atoms with Crippen molar-refractivity contribution < 1.29 is 26.7 Å². The molecule has 0 saturated heterocycles. The molecule has 1 rings (SSSR count). The number of nitrogens with two attached hydrogens (primary N) is 1. The van der Waals surface area contributed by atoms with E-state index in [1.54, 1.807) is 6.92 Å². The maximum atomic E-state index is 13.5. The fraction of sp³-hybridized carbons (Fsp3) is 0.364. The van der Waals surface area contributed by atoms with Crippen molar-refractivity contribution in [2.45, 2.75) is 18.2 Å². The van der Waals surface area contributed by atoms with Gasteiger partial charge in [0.2, 0.25) is 15.9 Å². The first-order valence-electron chi connectivity index (χ1n) is 5.67. The predicted octanol–water partition coefficient (Wildman–Crippen LogP) is 0.517. The fourth-order valence-electron chi connectivity index (χ4n) is 1.42. The molecule has 1 amide bonds. The third kappa shape index (κ3) is 4.42. The van der Waals surface area contributed by atoms with Crippen molar-refractivity contribution in [1.82, 2.24) is 5.32 Å². The number of carbonyl (C=O) groups excluding carboxylic acids is 1. The Hall–Kier alpha value is -1.74. The van der Waals surface area contributed by atoms with Crippen LogP contribution in [-0.4, -0.2) is 27.5 Å². The molecule has 9 heteroatoms. The van der Waals surface area contributed by atoms with Crippen molar-refractivity contribution in [3.63, 3.8) is 0 Å². The summed E-state index contributed by atoms with van der Waals surface area (Å²) in [7, 11) is -4.34. The summed E-state index contributed by atoms with van der Waals surface area (Å²) in [4.78, 5) is 10.4. The maximum absolute atomic E-state index is 13.5. The Morgan fingerprint density at radius 1 is 1.40 bits per heavy atom. The number of carbonyl (C=O) groups is 1. The number of nitrogens with one attached hydrogen (secondary N) is 1. The van der Waals surface area contributed by atoms with Gasteiger partial charge in [-0.05, 0) is 13.0 Å². The van der Waals surface area contributed by atoms with Gasteiger partial charge in [0.05, 0.1) is 13.0 Å². The second-order valence-electron chi connectivity index (χ2n) is 3.81. The van der Waals surface area contributed by atoms with Crippen LogP contribution in [0.2, 0.25) is 0 Å². The number of benzene rings is 1. The zero-order chi connectivity index (χ0) is 15.3. The van der Waals surface area contributed by atoms with Crippen molar-refractivity contribution in [1.29, 1.82) is 0 Å². The monoisotopic (exact) mass is 308 g/mol. The minimum Gasteiger partial charge on any atom is -0.489 e. The summed E-state index contributed by atoms with van der Waals surface area (Å²) in [5.74, 6) is -3.34. The lowest BCUT2D eigenvalue weighted by molar-refractivity contribution is -0.121. The van der Waals surface area contributed by atoms with E-state index < -0.39 is 32.3 Å². The standard InChI is InChI=1S/C11H14F2N2O4S/c1-2-15-10(16)3-4-19-11-8(13)5-7(12)6-9(11)20(14,17)18/h5-6H,2-4H2,1H3,(H,15,16)(H2,14,17,18). The summed E-state index contributed by atoms with van der Waals surface area (Å²) in [6, 6.07) is 1.02. The van der Waals surface area contributed by atoms with Crippen molar-refractivity contribution in [2.75, 3.05) is 13.2 Å². The lowest BCUT2D eigenvalue weighted by Gasteiger charge is -2.11. The van der Waals surface area contributed by atoms with Gasteiger partial charge in [-0.25, -0.2) is 22.3 Å². The quantitative estimate of drug-likeness (QED) is 0.800. The Kier molecular flexibility index (Phi) is 5.40. The second kappa shape index (κ2) is 6.62. The molecule has 0 atom stereocenters. The maximum Gasteiger partial charge on any atom is 0.241 e. The van der Waals surface area contributed by atoms with Crippen LogP contribution in [0, 0.1) is 11.6 Å². The van der Waals surface area contributed by atoms with E-state index in [2.05, 4.69) is 5.32 Å². The van der Waals surface area contributed by atoms with Gasteiger partial charge in [-0.15, -0.1) is 0 Å². The highest BCUT2D eigenvalue weighted by atomic mass is 32.2. The summed E-state index contributed by atoms with van der Waals surface area (Å²) in [6.07, 6.45) is -0.102. The number of rotatable bonds is 6. The van der Waals surface area contributed by atoms with Gasteiger partial charge in [0.25, 0.3) is 0 Å². The zero-order valence-corrected chi connectivity index (χ0v) is 11.5. The van der Waals surface area contributed by atoms with Gasteiger partial charge in [-0.3, -0.25) is 4.79 Å². The van der Waals surface area contributed by atoms with Crippen LogP contribution >= 0.6 is 0 Å². The topological polar surface area (TPSA) is 98.5 Å². The number of hydrogen-bond donors (Lipinski definition) is 2. The zero-order valence-electron chi connectivity index (χ0n) is 10.7. The van der Waals surface area contributed by atoms with E-state index >= 15 is 0 Å². The van der Waals surface area contributed by atoms with Gasteiger partial charge in [0, 0.05) is 12.6 Å². The summed E-state index contributed by atoms with van der Waals surface area (Å²) in [5.41, 5.74) is 0. The van der Waals surface area contributed by atoms with Gasteiger partial charge >= 0.3 is 0 Å². The number of primary sulfonamides is 1. The number of halogens is 2. The first-order valence-corrected chi connectivity index (χ1v) is 7.21. The van der Waals surface area contributed by atoms with Gasteiger partial charge < -0.3 is 10.1 Å². The molecule has 0 aliphatic rings. The van der Waals surface area contributed by atoms with Gasteiger partial charge in [0.15, 0.2) is 11.6 Å². The summed E-state index contributed by atoms with van der Waals surface area (Å²) in [6.45, 7) is 1.88. The van der Waals surface area contributed by atoms with Crippen LogP contribution in [0.25, 0.3) is 0 Å². The van der Waals surface area contributed by atoms with Crippen LogP contribution in [0.1, 0.15) is 13.3 Å². The number of hydrogen-bond acceptors (Lipinski definition) is 4. The molecule has 0 bridgehead atoms. The van der Waals surface area contributed by atoms with Crippen LogP contribution in [-0.2, 0) is 14.8 Å². The highest BCUT2D eigenvalue weighted by Crippen LogP contribution is 2.27. The van der Waals surface area contributed by atoms with E-state index in [4.69, 9.17) is 9.88 Å². The summed E-state index contributed by atoms with van der Waals surface area (Å²) < 4.78 is 53.9. The van der Waals surface area contributed by atoms with Crippen molar-refractivity contribution >= 4 is 15.9 Å². The van der Waals surface area contributed by atoms with Crippen LogP contribution in [0.3, 0.4) is 0 Å². The van der Waals surface area contributed by atoms with Crippen molar-refractivity contribution in [2.24, 2.45) is 5.14 Å². The molecular weight excluding hydrogens is 294 g/mol. The molecule has 112 valence electrons. The average molecular weight is 308 g/mol. The number of sulfonamides is 1. The Morgan fingerprint density at radius 2 is 2.05 bits per heavy atom. The van der Waals surface area contributed by atoms with Crippen LogP contribution < -0.4 is 15.2 Å². The third-order valence-corrected chi connectivity index (χ3v) is 3.15. The molecule has 0 aliphatic heterocycles. The first-order chi connectivity index (χ1) is 9.25. The third-order valence-electron chi connectivity index (χ3n) is 2.23. The lowest BCUT2D eigenvalue weighted by Crippen LogP contribution is -2.24. The molecule has 0 aliphatic carbocycles. The molecule has 6 nitrogen and oxygen atoms in total. The minimum atomic E-state index is -4.34. The molecule has 0 saturated carbocycles. The second-order valence-corrected chi connectivity index (χ2v) is 5.34. The highest BCUT2D eigenvalue weighted by molar-refractivity contribution is 7.89. The Labute approximate surface area is 115 Å². The van der Waals surface area contributed by atoms with E-state index in [1.807, 2.05) is 0 Å². The molecule has 1 aromatic carbocycles. The van der Waals surface area contributed by atoms with E-state index in [0.717, 1.165) is 0 Å². The van der Waals surface area contributed by atoms with Gasteiger partial charge in [-0.1, -0.05) is 0 Å². The minimum absolute atomic E-state index is 0.102. The number of ether oxygens (including phenoxy) is 1. The molecule has 20 heavy (non-hydrogen) atoms. The molecule has 0 spiro atoms. The van der Waals surface area contributed by atoms with E-state index in [-0.39, 0.29) is 18.9 Å². The molecule has 3 N–H and O–H groups in total. The Morgan fingerprint density at radius 3 is 2.60 bits per heavy atom. The lowest BCUT2D eigenvalue weighted by atomic mass is 10.3. The number of amides is 1. The molecule has 1 aromatic rings. The van der Waals surface area contributed by atoms with Crippen LogP contribution in [0.15, 0.2) is 17.0 Å². The molecule has 0 aromatic heterocycles. The molecule has 0 fully saturated rings. The average Bonchev–Trinajstić information content (AvgIpc) is 2.30. The van der Waals surface area contributed by atoms with Crippen LogP contribution in [0.4, 0.5) is 8.78 Å². The largest absolute Gasteiger partial charge is 0.489 e.